The first-order chi connectivity index (χ1) is 16.3. The zero-order valence-corrected chi connectivity index (χ0v) is 18.4. The quantitative estimate of drug-likeness (QED) is 0.281. The van der Waals surface area contributed by atoms with Gasteiger partial charge < -0.3 is 9.64 Å². The van der Waals surface area contributed by atoms with Crippen LogP contribution in [0.25, 0.3) is 33.4 Å². The van der Waals surface area contributed by atoms with Crippen molar-refractivity contribution >= 4 is 11.4 Å². The molecule has 0 spiro atoms. The summed E-state index contributed by atoms with van der Waals surface area (Å²) in [6.45, 7) is 0. The van der Waals surface area contributed by atoms with Crippen LogP contribution in [0.5, 0.6) is 11.5 Å². The summed E-state index contributed by atoms with van der Waals surface area (Å²) in [6.07, 6.45) is 0. The van der Waals surface area contributed by atoms with Crippen LogP contribution in [-0.2, 0) is 0 Å². The van der Waals surface area contributed by atoms with Gasteiger partial charge in [-0.2, -0.15) is 0 Å². The maximum atomic E-state index is 6.31. The molecule has 1 heterocycles. The van der Waals surface area contributed by atoms with Crippen LogP contribution in [-0.4, -0.2) is 7.05 Å². The Morgan fingerprint density at radius 3 is 1.70 bits per heavy atom. The Labute approximate surface area is 194 Å². The number of anilines is 2. The van der Waals surface area contributed by atoms with E-state index in [1.54, 1.807) is 0 Å². The minimum atomic E-state index is 0.885. The standard InChI is InChI=1S/C31H23NO/c1-32(24-17-15-23(16-18-24)22-9-3-2-4-10-22)25-19-20-26-27-11-5-7-13-30(27)33-31-14-8-6-12-28(31)29(26)21-25/h2-21H,1H3. The average Bonchev–Trinajstić information content (AvgIpc) is 3.03. The predicted molar refractivity (Wildman–Crippen MR) is 137 cm³/mol. The van der Waals surface area contributed by atoms with Crippen LogP contribution < -0.4 is 9.64 Å². The molecule has 0 aliphatic carbocycles. The third kappa shape index (κ3) is 3.46. The molecule has 0 N–H and O–H groups in total. The van der Waals surface area contributed by atoms with Gasteiger partial charge in [0.15, 0.2) is 0 Å². The predicted octanol–water partition coefficient (Wildman–Crippen LogP) is 8.56. The van der Waals surface area contributed by atoms with Crippen LogP contribution in [0, 0.1) is 0 Å². The topological polar surface area (TPSA) is 12.5 Å². The molecular weight excluding hydrogens is 402 g/mol. The van der Waals surface area contributed by atoms with Crippen molar-refractivity contribution in [2.75, 3.05) is 11.9 Å². The number of hydrogen-bond donors (Lipinski definition) is 0. The summed E-state index contributed by atoms with van der Waals surface area (Å²) in [7, 11) is 2.12. The van der Waals surface area contributed by atoms with Crippen molar-refractivity contribution in [3.05, 3.63) is 121 Å². The highest BCUT2D eigenvalue weighted by Gasteiger charge is 2.21. The number of rotatable bonds is 3. The van der Waals surface area contributed by atoms with Gasteiger partial charge in [-0.25, -0.2) is 0 Å². The van der Waals surface area contributed by atoms with E-state index in [0.717, 1.165) is 34.0 Å². The largest absolute Gasteiger partial charge is 0.456 e. The molecule has 2 nitrogen and oxygen atoms in total. The first kappa shape index (κ1) is 19.4. The normalized spacial score (nSPS) is 11.4. The molecule has 5 aromatic rings. The summed E-state index contributed by atoms with van der Waals surface area (Å²) in [5.41, 5.74) is 9.32. The Morgan fingerprint density at radius 2 is 1.00 bits per heavy atom. The number of para-hydroxylation sites is 2. The fraction of sp³-hybridized carbons (Fsp3) is 0.0323. The maximum Gasteiger partial charge on any atom is 0.135 e. The zero-order chi connectivity index (χ0) is 22.2. The van der Waals surface area contributed by atoms with Gasteiger partial charge in [0.05, 0.1) is 0 Å². The molecule has 2 heteroatoms. The Balaban J connectivity index is 1.42. The molecule has 0 bridgehead atoms. The number of ether oxygens (including phenoxy) is 1. The number of benzene rings is 5. The summed E-state index contributed by atoms with van der Waals surface area (Å²) in [6, 6.07) is 42.4. The number of hydrogen-bond acceptors (Lipinski definition) is 2. The van der Waals surface area contributed by atoms with Gasteiger partial charge in [-0.15, -0.1) is 0 Å². The van der Waals surface area contributed by atoms with Crippen LogP contribution in [0.15, 0.2) is 121 Å². The molecule has 5 aromatic carbocycles. The highest BCUT2D eigenvalue weighted by molar-refractivity contribution is 5.92. The molecule has 1 aliphatic rings. The molecule has 0 atom stereocenters. The van der Waals surface area contributed by atoms with Crippen molar-refractivity contribution in [2.24, 2.45) is 0 Å². The van der Waals surface area contributed by atoms with Crippen molar-refractivity contribution in [3.8, 4) is 44.9 Å². The summed E-state index contributed by atoms with van der Waals surface area (Å²) in [4.78, 5) is 2.23. The zero-order valence-electron chi connectivity index (χ0n) is 18.4. The summed E-state index contributed by atoms with van der Waals surface area (Å²) >= 11 is 0. The van der Waals surface area contributed by atoms with E-state index in [4.69, 9.17) is 4.74 Å². The molecular formula is C31H23NO. The molecule has 0 fully saturated rings. The SMILES string of the molecule is CN(c1ccc(-c2ccccc2)cc1)c1ccc2c(c1)-c1ccccc1Oc1ccccc1-2. The third-order valence-corrected chi connectivity index (χ3v) is 6.33. The molecule has 0 aromatic heterocycles. The number of fused-ring (bicyclic) bond motifs is 5. The first-order valence-electron chi connectivity index (χ1n) is 11.2. The second-order valence-electron chi connectivity index (χ2n) is 8.30. The molecule has 1 aliphatic heterocycles. The Bertz CT molecular complexity index is 1440. The van der Waals surface area contributed by atoms with E-state index in [1.807, 2.05) is 30.3 Å². The van der Waals surface area contributed by atoms with Crippen LogP contribution >= 0.6 is 0 Å². The van der Waals surface area contributed by atoms with E-state index >= 15 is 0 Å². The minimum Gasteiger partial charge on any atom is -0.456 e. The second kappa shape index (κ2) is 7.99. The molecule has 0 unspecified atom stereocenters. The molecule has 0 saturated heterocycles. The van der Waals surface area contributed by atoms with E-state index in [1.165, 1.54) is 22.3 Å². The summed E-state index contributed by atoms with van der Waals surface area (Å²) < 4.78 is 6.31. The second-order valence-corrected chi connectivity index (χ2v) is 8.30. The molecule has 158 valence electrons. The van der Waals surface area contributed by atoms with Crippen molar-refractivity contribution < 1.29 is 4.74 Å². The molecule has 0 radical (unpaired) electrons. The molecule has 6 rings (SSSR count). The summed E-state index contributed by atoms with van der Waals surface area (Å²) in [5.74, 6) is 1.78. The van der Waals surface area contributed by atoms with Gasteiger partial charge in [0.25, 0.3) is 0 Å². The number of nitrogens with zero attached hydrogens (tertiary/aromatic N) is 1. The summed E-state index contributed by atoms with van der Waals surface area (Å²) in [5, 5.41) is 0. The van der Waals surface area contributed by atoms with Crippen molar-refractivity contribution in [2.45, 2.75) is 0 Å². The fourth-order valence-corrected chi connectivity index (χ4v) is 4.53. The van der Waals surface area contributed by atoms with Gasteiger partial charge in [0, 0.05) is 29.5 Å². The smallest absolute Gasteiger partial charge is 0.135 e. The lowest BCUT2D eigenvalue weighted by Gasteiger charge is -2.22. The monoisotopic (exact) mass is 425 g/mol. The minimum absolute atomic E-state index is 0.885. The fourth-order valence-electron chi connectivity index (χ4n) is 4.53. The van der Waals surface area contributed by atoms with Gasteiger partial charge in [-0.05, 0) is 58.7 Å². The van der Waals surface area contributed by atoms with E-state index in [9.17, 15) is 0 Å². The molecule has 0 saturated carbocycles. The molecule has 33 heavy (non-hydrogen) atoms. The Hall–Kier alpha value is -4.30. The van der Waals surface area contributed by atoms with Gasteiger partial charge in [-0.3, -0.25) is 0 Å². The van der Waals surface area contributed by atoms with Crippen LogP contribution in [0.1, 0.15) is 0 Å². The van der Waals surface area contributed by atoms with Crippen LogP contribution in [0.4, 0.5) is 11.4 Å². The van der Waals surface area contributed by atoms with E-state index < -0.39 is 0 Å². The highest BCUT2D eigenvalue weighted by atomic mass is 16.5. The van der Waals surface area contributed by atoms with E-state index in [-0.39, 0.29) is 0 Å². The lowest BCUT2D eigenvalue weighted by Crippen LogP contribution is -2.09. The van der Waals surface area contributed by atoms with Gasteiger partial charge >= 0.3 is 0 Å². The van der Waals surface area contributed by atoms with Crippen molar-refractivity contribution in [1.82, 2.24) is 0 Å². The maximum absolute atomic E-state index is 6.31. The average molecular weight is 426 g/mol. The van der Waals surface area contributed by atoms with Gasteiger partial charge in [-0.1, -0.05) is 84.9 Å². The first-order valence-corrected chi connectivity index (χ1v) is 11.2. The Kier molecular flexibility index (Phi) is 4.70. The van der Waals surface area contributed by atoms with Crippen LogP contribution in [0.2, 0.25) is 0 Å². The lowest BCUT2D eigenvalue weighted by atomic mass is 9.94. The third-order valence-electron chi connectivity index (χ3n) is 6.33. The lowest BCUT2D eigenvalue weighted by molar-refractivity contribution is 0.488. The van der Waals surface area contributed by atoms with Gasteiger partial charge in [0.2, 0.25) is 0 Å². The van der Waals surface area contributed by atoms with Crippen LogP contribution in [0.3, 0.4) is 0 Å². The van der Waals surface area contributed by atoms with Crippen molar-refractivity contribution in [3.63, 3.8) is 0 Å². The van der Waals surface area contributed by atoms with Gasteiger partial charge in [0.1, 0.15) is 11.5 Å². The van der Waals surface area contributed by atoms with E-state index in [2.05, 4.69) is 103 Å². The van der Waals surface area contributed by atoms with Crippen molar-refractivity contribution in [1.29, 1.82) is 0 Å². The van der Waals surface area contributed by atoms with E-state index in [0.29, 0.717) is 0 Å². The highest BCUT2D eigenvalue weighted by Crippen LogP contribution is 2.47. The molecule has 0 amide bonds. The Morgan fingerprint density at radius 1 is 0.455 bits per heavy atom.